The van der Waals surface area contributed by atoms with E-state index in [1.54, 1.807) is 4.90 Å². The SMILES string of the molecule is Cc1noc(C)c1CCC(=O)N(C)Cc1cn(-c2ccccc2)nc1-c1ccc(Cl)cc1. The van der Waals surface area contributed by atoms with Gasteiger partial charge in [0.1, 0.15) is 5.76 Å². The molecule has 4 rings (SSSR count). The highest BCUT2D eigenvalue weighted by Gasteiger charge is 2.18. The first-order valence-electron chi connectivity index (χ1n) is 10.5. The molecule has 4 aromatic rings. The van der Waals surface area contributed by atoms with Crippen LogP contribution in [0.4, 0.5) is 0 Å². The molecule has 0 saturated carbocycles. The molecular weight excluding hydrogens is 424 g/mol. The Morgan fingerprint density at radius 2 is 1.81 bits per heavy atom. The van der Waals surface area contributed by atoms with Crippen LogP contribution in [-0.2, 0) is 17.8 Å². The van der Waals surface area contributed by atoms with Crippen LogP contribution in [0.3, 0.4) is 0 Å². The Kier molecular flexibility index (Phi) is 6.42. The Labute approximate surface area is 192 Å². The highest BCUT2D eigenvalue weighted by molar-refractivity contribution is 6.30. The van der Waals surface area contributed by atoms with Gasteiger partial charge in [0.2, 0.25) is 5.91 Å². The molecule has 1 amide bonds. The van der Waals surface area contributed by atoms with Gasteiger partial charge in [0.25, 0.3) is 0 Å². The average Bonchev–Trinajstić information content (AvgIpc) is 3.36. The first-order chi connectivity index (χ1) is 15.4. The fourth-order valence-electron chi connectivity index (χ4n) is 3.71. The summed E-state index contributed by atoms with van der Waals surface area (Å²) in [4.78, 5) is 14.6. The smallest absolute Gasteiger partial charge is 0.222 e. The van der Waals surface area contributed by atoms with Crippen LogP contribution < -0.4 is 0 Å². The molecule has 0 fully saturated rings. The maximum atomic E-state index is 12.9. The second-order valence-corrected chi connectivity index (χ2v) is 8.28. The summed E-state index contributed by atoms with van der Waals surface area (Å²) < 4.78 is 7.05. The number of hydrogen-bond acceptors (Lipinski definition) is 4. The Hall–Kier alpha value is -3.38. The van der Waals surface area contributed by atoms with Crippen molar-refractivity contribution in [2.75, 3.05) is 7.05 Å². The third-order valence-electron chi connectivity index (χ3n) is 5.53. The van der Waals surface area contributed by atoms with Gasteiger partial charge in [-0.15, -0.1) is 0 Å². The maximum absolute atomic E-state index is 12.9. The van der Waals surface area contributed by atoms with E-state index in [1.807, 2.05) is 86.4 Å². The third-order valence-corrected chi connectivity index (χ3v) is 5.78. The molecule has 0 aliphatic rings. The van der Waals surface area contributed by atoms with Crippen molar-refractivity contribution in [3.8, 4) is 16.9 Å². The number of carbonyl (C=O) groups excluding carboxylic acids is 1. The minimum absolute atomic E-state index is 0.0551. The Morgan fingerprint density at radius 1 is 1.09 bits per heavy atom. The lowest BCUT2D eigenvalue weighted by molar-refractivity contribution is -0.130. The Bertz CT molecular complexity index is 1190. The van der Waals surface area contributed by atoms with E-state index < -0.39 is 0 Å². The molecule has 0 unspecified atom stereocenters. The van der Waals surface area contributed by atoms with Crippen LogP contribution in [-0.4, -0.2) is 32.8 Å². The molecule has 0 aliphatic heterocycles. The lowest BCUT2D eigenvalue weighted by atomic mass is 10.1. The van der Waals surface area contributed by atoms with Crippen molar-refractivity contribution >= 4 is 17.5 Å². The largest absolute Gasteiger partial charge is 0.361 e. The zero-order valence-electron chi connectivity index (χ0n) is 18.4. The fraction of sp³-hybridized carbons (Fsp3) is 0.240. The summed E-state index contributed by atoms with van der Waals surface area (Å²) in [6.07, 6.45) is 2.98. The van der Waals surface area contributed by atoms with Crippen LogP contribution in [0.5, 0.6) is 0 Å². The molecule has 7 heteroatoms. The molecule has 0 spiro atoms. The van der Waals surface area contributed by atoms with Gasteiger partial charge in [0.05, 0.1) is 17.1 Å². The molecule has 32 heavy (non-hydrogen) atoms. The van der Waals surface area contributed by atoms with Crippen LogP contribution in [0.25, 0.3) is 16.9 Å². The van der Waals surface area contributed by atoms with E-state index in [0.717, 1.165) is 39.5 Å². The van der Waals surface area contributed by atoms with Gasteiger partial charge in [0, 0.05) is 47.9 Å². The fourth-order valence-corrected chi connectivity index (χ4v) is 3.84. The molecule has 164 valence electrons. The van der Waals surface area contributed by atoms with Crippen LogP contribution >= 0.6 is 11.6 Å². The topological polar surface area (TPSA) is 64.2 Å². The monoisotopic (exact) mass is 448 g/mol. The van der Waals surface area contributed by atoms with Gasteiger partial charge in [0.15, 0.2) is 0 Å². The molecule has 0 bridgehead atoms. The molecule has 0 aliphatic carbocycles. The highest BCUT2D eigenvalue weighted by Crippen LogP contribution is 2.26. The third kappa shape index (κ3) is 4.75. The number of hydrogen-bond donors (Lipinski definition) is 0. The van der Waals surface area contributed by atoms with Crippen LogP contribution in [0.15, 0.2) is 65.3 Å². The van der Waals surface area contributed by atoms with Crippen molar-refractivity contribution in [1.29, 1.82) is 0 Å². The molecule has 0 N–H and O–H groups in total. The summed E-state index contributed by atoms with van der Waals surface area (Å²) in [5, 5.41) is 9.46. The zero-order valence-corrected chi connectivity index (χ0v) is 19.1. The number of benzene rings is 2. The predicted molar refractivity (Wildman–Crippen MR) is 125 cm³/mol. The molecule has 6 nitrogen and oxygen atoms in total. The quantitative estimate of drug-likeness (QED) is 0.380. The second kappa shape index (κ2) is 9.40. The second-order valence-electron chi connectivity index (χ2n) is 7.84. The number of halogens is 1. The Balaban J connectivity index is 1.56. The van der Waals surface area contributed by atoms with Crippen molar-refractivity contribution in [2.24, 2.45) is 0 Å². The van der Waals surface area contributed by atoms with Gasteiger partial charge < -0.3 is 9.42 Å². The first-order valence-corrected chi connectivity index (χ1v) is 10.9. The van der Waals surface area contributed by atoms with Gasteiger partial charge in [-0.1, -0.05) is 47.1 Å². The van der Waals surface area contributed by atoms with Gasteiger partial charge in [-0.3, -0.25) is 4.79 Å². The number of rotatable bonds is 7. The van der Waals surface area contributed by atoms with E-state index in [9.17, 15) is 4.79 Å². The summed E-state index contributed by atoms with van der Waals surface area (Å²) in [7, 11) is 1.82. The molecule has 2 aromatic heterocycles. The first kappa shape index (κ1) is 21.8. The number of aromatic nitrogens is 3. The van der Waals surface area contributed by atoms with Crippen molar-refractivity contribution in [1.82, 2.24) is 19.8 Å². The number of nitrogens with zero attached hydrogens (tertiary/aromatic N) is 4. The van der Waals surface area contributed by atoms with Gasteiger partial charge in [-0.2, -0.15) is 5.10 Å². The van der Waals surface area contributed by atoms with Crippen LogP contribution in [0.1, 0.15) is 29.0 Å². The van der Waals surface area contributed by atoms with E-state index in [-0.39, 0.29) is 5.91 Å². The highest BCUT2D eigenvalue weighted by atomic mass is 35.5. The predicted octanol–water partition coefficient (Wildman–Crippen LogP) is 5.39. The Morgan fingerprint density at radius 3 is 2.47 bits per heavy atom. The van der Waals surface area contributed by atoms with Crippen molar-refractivity contribution in [3.63, 3.8) is 0 Å². The number of aryl methyl sites for hydroxylation is 2. The van der Waals surface area contributed by atoms with E-state index in [0.29, 0.717) is 24.4 Å². The minimum Gasteiger partial charge on any atom is -0.361 e. The lowest BCUT2D eigenvalue weighted by Gasteiger charge is -2.17. The summed E-state index contributed by atoms with van der Waals surface area (Å²) in [5.41, 5.74) is 5.55. The normalized spacial score (nSPS) is 11.0. The van der Waals surface area contributed by atoms with Crippen molar-refractivity contribution in [2.45, 2.75) is 33.2 Å². The van der Waals surface area contributed by atoms with Crippen molar-refractivity contribution in [3.05, 3.63) is 88.4 Å². The van der Waals surface area contributed by atoms with Gasteiger partial charge in [-0.25, -0.2) is 4.68 Å². The van der Waals surface area contributed by atoms with Gasteiger partial charge in [-0.05, 0) is 44.5 Å². The standard InChI is InChI=1S/C25H25ClN4O2/c1-17-23(18(2)32-28-17)13-14-24(31)29(3)15-20-16-30(22-7-5-4-6-8-22)27-25(20)19-9-11-21(26)12-10-19/h4-12,16H,13-15H2,1-3H3. The van der Waals surface area contributed by atoms with Crippen molar-refractivity contribution < 1.29 is 9.32 Å². The van der Waals surface area contributed by atoms with E-state index in [1.165, 1.54) is 0 Å². The minimum atomic E-state index is 0.0551. The molecule has 2 heterocycles. The van der Waals surface area contributed by atoms with E-state index in [2.05, 4.69) is 5.16 Å². The lowest BCUT2D eigenvalue weighted by Crippen LogP contribution is -2.26. The zero-order chi connectivity index (χ0) is 22.7. The van der Waals surface area contributed by atoms with E-state index in [4.69, 9.17) is 21.2 Å². The molecule has 0 radical (unpaired) electrons. The summed E-state index contributed by atoms with van der Waals surface area (Å²) in [6.45, 7) is 4.22. The van der Waals surface area contributed by atoms with E-state index >= 15 is 0 Å². The number of amides is 1. The molecular formula is C25H25ClN4O2. The summed E-state index contributed by atoms with van der Waals surface area (Å²) in [6, 6.07) is 17.5. The van der Waals surface area contributed by atoms with Gasteiger partial charge >= 0.3 is 0 Å². The average molecular weight is 449 g/mol. The maximum Gasteiger partial charge on any atom is 0.222 e. The number of carbonyl (C=O) groups is 1. The summed E-state index contributed by atoms with van der Waals surface area (Å²) >= 11 is 6.08. The molecule has 2 aromatic carbocycles. The molecule has 0 saturated heterocycles. The van der Waals surface area contributed by atoms with Crippen LogP contribution in [0, 0.1) is 13.8 Å². The summed E-state index contributed by atoms with van der Waals surface area (Å²) in [5.74, 6) is 0.826. The number of para-hydroxylation sites is 1. The van der Waals surface area contributed by atoms with Crippen LogP contribution in [0.2, 0.25) is 5.02 Å². The molecule has 0 atom stereocenters.